The van der Waals surface area contributed by atoms with Crippen molar-refractivity contribution < 1.29 is 13.6 Å². The average molecular weight is 323 g/mol. The summed E-state index contributed by atoms with van der Waals surface area (Å²) >= 11 is 1.27. The standard InChI is InChI=1S/C15H15F2N3OS/c1-8(13(21)10-5-6-11(16)12(17)7-10)22-15-19-18-14(20(15)2)9-3-4-9/h5-9H,3-4H2,1-2H3/t8-/m0/s1. The SMILES string of the molecule is C[C@H](Sc1nnc(C2CC2)n1C)C(=O)c1ccc(F)c(F)c1. The van der Waals surface area contributed by atoms with E-state index in [1.807, 2.05) is 11.6 Å². The molecule has 1 saturated carbocycles. The number of hydrogen-bond acceptors (Lipinski definition) is 4. The maximum absolute atomic E-state index is 13.2. The van der Waals surface area contributed by atoms with E-state index in [0.29, 0.717) is 11.1 Å². The third-order valence-electron chi connectivity index (χ3n) is 3.67. The molecule has 0 N–H and O–H groups in total. The maximum atomic E-state index is 13.2. The van der Waals surface area contributed by atoms with Gasteiger partial charge in [0, 0.05) is 18.5 Å². The molecule has 7 heteroatoms. The van der Waals surface area contributed by atoms with Crippen LogP contribution in [0.4, 0.5) is 8.78 Å². The second kappa shape index (κ2) is 5.79. The summed E-state index contributed by atoms with van der Waals surface area (Å²) in [5, 5.41) is 8.47. The Hall–Kier alpha value is -1.76. The smallest absolute Gasteiger partial charge is 0.191 e. The van der Waals surface area contributed by atoms with Crippen molar-refractivity contribution in [3.05, 3.63) is 41.2 Å². The Morgan fingerprint density at radius 2 is 2.05 bits per heavy atom. The number of nitrogens with zero attached hydrogens (tertiary/aromatic N) is 3. The van der Waals surface area contributed by atoms with Crippen molar-refractivity contribution in [3.8, 4) is 0 Å². The van der Waals surface area contributed by atoms with Gasteiger partial charge in [-0.3, -0.25) is 4.79 Å². The average Bonchev–Trinajstić information content (AvgIpc) is 3.27. The zero-order valence-electron chi connectivity index (χ0n) is 12.2. The van der Waals surface area contributed by atoms with Crippen molar-refractivity contribution in [2.24, 2.45) is 7.05 Å². The number of Topliss-reactive ketones (excluding diaryl/α,β-unsaturated/α-hetero) is 1. The van der Waals surface area contributed by atoms with Crippen LogP contribution in [0.25, 0.3) is 0 Å². The topological polar surface area (TPSA) is 47.8 Å². The summed E-state index contributed by atoms with van der Waals surface area (Å²) < 4.78 is 28.1. The van der Waals surface area contributed by atoms with E-state index in [2.05, 4.69) is 10.2 Å². The highest BCUT2D eigenvalue weighted by atomic mass is 32.2. The molecule has 1 atom stereocenters. The largest absolute Gasteiger partial charge is 0.309 e. The van der Waals surface area contributed by atoms with E-state index in [1.165, 1.54) is 17.8 Å². The maximum Gasteiger partial charge on any atom is 0.191 e. The van der Waals surface area contributed by atoms with Gasteiger partial charge in [-0.05, 0) is 38.0 Å². The van der Waals surface area contributed by atoms with Crippen LogP contribution in [0, 0.1) is 11.6 Å². The van der Waals surface area contributed by atoms with Crippen LogP contribution in [0.1, 0.15) is 41.9 Å². The monoisotopic (exact) mass is 323 g/mol. The van der Waals surface area contributed by atoms with E-state index < -0.39 is 16.9 Å². The van der Waals surface area contributed by atoms with Crippen molar-refractivity contribution >= 4 is 17.5 Å². The molecule has 1 aliphatic carbocycles. The zero-order chi connectivity index (χ0) is 15.9. The van der Waals surface area contributed by atoms with E-state index in [4.69, 9.17) is 0 Å². The molecule has 4 nitrogen and oxygen atoms in total. The highest BCUT2D eigenvalue weighted by molar-refractivity contribution is 8.00. The molecule has 1 aliphatic rings. The van der Waals surface area contributed by atoms with Crippen LogP contribution < -0.4 is 0 Å². The van der Waals surface area contributed by atoms with Gasteiger partial charge in [0.15, 0.2) is 22.6 Å². The molecule has 0 amide bonds. The second-order valence-corrected chi connectivity index (χ2v) is 6.74. The van der Waals surface area contributed by atoms with E-state index in [-0.39, 0.29) is 11.3 Å². The molecule has 2 aromatic rings. The molecule has 3 rings (SSSR count). The molecule has 116 valence electrons. The molecule has 0 aliphatic heterocycles. The minimum absolute atomic E-state index is 0.156. The molecule has 1 aromatic carbocycles. The molecular formula is C15H15F2N3OS. The third kappa shape index (κ3) is 2.90. The first-order chi connectivity index (χ1) is 10.5. The molecule has 1 aromatic heterocycles. The summed E-state index contributed by atoms with van der Waals surface area (Å²) in [6.45, 7) is 1.72. The fraction of sp³-hybridized carbons (Fsp3) is 0.400. The molecule has 0 unspecified atom stereocenters. The number of thioether (sulfide) groups is 1. The van der Waals surface area contributed by atoms with Gasteiger partial charge in [-0.15, -0.1) is 10.2 Å². The Balaban J connectivity index is 1.74. The predicted octanol–water partition coefficient (Wildman–Crippen LogP) is 3.33. The summed E-state index contributed by atoms with van der Waals surface area (Å²) in [7, 11) is 1.88. The van der Waals surface area contributed by atoms with Crippen LogP contribution in [-0.4, -0.2) is 25.8 Å². The fourth-order valence-electron chi connectivity index (χ4n) is 2.22. The first-order valence-corrected chi connectivity index (χ1v) is 7.90. The quantitative estimate of drug-likeness (QED) is 0.625. The Morgan fingerprint density at radius 1 is 1.32 bits per heavy atom. The summed E-state index contributed by atoms with van der Waals surface area (Å²) in [5.74, 6) is -0.823. The van der Waals surface area contributed by atoms with Crippen LogP contribution in [-0.2, 0) is 7.05 Å². The summed E-state index contributed by atoms with van der Waals surface area (Å²) in [6, 6.07) is 3.19. The van der Waals surface area contributed by atoms with Crippen LogP contribution in [0.3, 0.4) is 0 Å². The van der Waals surface area contributed by atoms with E-state index in [1.54, 1.807) is 6.92 Å². The normalized spacial score (nSPS) is 15.8. The van der Waals surface area contributed by atoms with Gasteiger partial charge >= 0.3 is 0 Å². The molecule has 1 fully saturated rings. The van der Waals surface area contributed by atoms with Crippen molar-refractivity contribution in [1.82, 2.24) is 14.8 Å². The van der Waals surface area contributed by atoms with Gasteiger partial charge in [0.05, 0.1) is 5.25 Å². The van der Waals surface area contributed by atoms with Gasteiger partial charge in [0.1, 0.15) is 5.82 Å². The van der Waals surface area contributed by atoms with Gasteiger partial charge in [0.25, 0.3) is 0 Å². The van der Waals surface area contributed by atoms with Gasteiger partial charge in [-0.2, -0.15) is 0 Å². The predicted molar refractivity (Wildman–Crippen MR) is 79.0 cm³/mol. The number of benzene rings is 1. The molecule has 0 radical (unpaired) electrons. The molecular weight excluding hydrogens is 308 g/mol. The summed E-state index contributed by atoms with van der Waals surface area (Å²) in [4.78, 5) is 12.3. The van der Waals surface area contributed by atoms with Crippen molar-refractivity contribution in [2.45, 2.75) is 36.1 Å². The Morgan fingerprint density at radius 3 is 2.68 bits per heavy atom. The van der Waals surface area contributed by atoms with Gasteiger partial charge in [-0.1, -0.05) is 11.8 Å². The first kappa shape index (κ1) is 15.1. The van der Waals surface area contributed by atoms with Gasteiger partial charge in [0.2, 0.25) is 0 Å². The van der Waals surface area contributed by atoms with Crippen LogP contribution in [0.2, 0.25) is 0 Å². The van der Waals surface area contributed by atoms with Gasteiger partial charge < -0.3 is 4.57 Å². The minimum atomic E-state index is -1.02. The molecule has 0 saturated heterocycles. The highest BCUT2D eigenvalue weighted by Gasteiger charge is 2.30. The number of carbonyl (C=O) groups is 1. The lowest BCUT2D eigenvalue weighted by Crippen LogP contribution is -2.15. The molecule has 0 spiro atoms. The van der Waals surface area contributed by atoms with Crippen LogP contribution in [0.15, 0.2) is 23.4 Å². The summed E-state index contributed by atoms with van der Waals surface area (Å²) in [6.07, 6.45) is 2.25. The number of ketones is 1. The number of aromatic nitrogens is 3. The lowest BCUT2D eigenvalue weighted by atomic mass is 10.1. The van der Waals surface area contributed by atoms with Gasteiger partial charge in [-0.25, -0.2) is 8.78 Å². The number of halogens is 2. The minimum Gasteiger partial charge on any atom is -0.309 e. The highest BCUT2D eigenvalue weighted by Crippen LogP contribution is 2.39. The fourth-order valence-corrected chi connectivity index (χ4v) is 3.12. The third-order valence-corrected chi connectivity index (χ3v) is 4.80. The second-order valence-electron chi connectivity index (χ2n) is 5.43. The van der Waals surface area contributed by atoms with Crippen molar-refractivity contribution in [3.63, 3.8) is 0 Å². The summed E-state index contributed by atoms with van der Waals surface area (Å²) in [5.41, 5.74) is 0.156. The Kier molecular flexibility index (Phi) is 3.99. The Bertz CT molecular complexity index is 728. The zero-order valence-corrected chi connectivity index (χ0v) is 13.0. The van der Waals surface area contributed by atoms with Crippen molar-refractivity contribution in [1.29, 1.82) is 0 Å². The number of carbonyl (C=O) groups excluding carboxylic acids is 1. The number of rotatable bonds is 5. The van der Waals surface area contributed by atoms with E-state index >= 15 is 0 Å². The molecule has 1 heterocycles. The lowest BCUT2D eigenvalue weighted by Gasteiger charge is -2.10. The lowest BCUT2D eigenvalue weighted by molar-refractivity contribution is 0.0993. The van der Waals surface area contributed by atoms with E-state index in [9.17, 15) is 13.6 Å². The number of hydrogen-bond donors (Lipinski definition) is 0. The molecule has 0 bridgehead atoms. The molecule has 22 heavy (non-hydrogen) atoms. The Labute approximate surface area is 130 Å². The van der Waals surface area contributed by atoms with Crippen LogP contribution >= 0.6 is 11.8 Å². The van der Waals surface area contributed by atoms with Crippen molar-refractivity contribution in [2.75, 3.05) is 0 Å². The van der Waals surface area contributed by atoms with E-state index in [0.717, 1.165) is 30.8 Å². The van der Waals surface area contributed by atoms with Crippen LogP contribution in [0.5, 0.6) is 0 Å². The first-order valence-electron chi connectivity index (χ1n) is 7.02.